The molecule has 120 valence electrons. The molecule has 1 spiro atoms. The van der Waals surface area contributed by atoms with Gasteiger partial charge >= 0.3 is 11.9 Å². The minimum Gasteiger partial charge on any atom is -0.417 e. The molecule has 0 unspecified atom stereocenters. The van der Waals surface area contributed by atoms with Gasteiger partial charge in [0.15, 0.2) is 11.5 Å². The highest BCUT2D eigenvalue weighted by molar-refractivity contribution is 6.86. The van der Waals surface area contributed by atoms with Crippen LogP contribution in [0.5, 0.6) is 11.5 Å². The normalized spacial score (nSPS) is 26.4. The molecule has 22 heavy (non-hydrogen) atoms. The number of carbonyl (C=O) groups is 1. The van der Waals surface area contributed by atoms with E-state index in [9.17, 15) is 4.79 Å². The molecular formula is C16H24O4Si2. The standard InChI is InChI=1S/C16H24O4Si2/c1-21(2,3)13-14(22(4,5)6)16(20-15(13)17)18-11-9-7-8-10-12(11)19-16/h7-10,13-14H,1-6H3/t13-,14-/m1/s1. The molecule has 2 aliphatic rings. The van der Waals surface area contributed by atoms with E-state index in [1.165, 1.54) is 0 Å². The van der Waals surface area contributed by atoms with Crippen LogP contribution in [0.1, 0.15) is 0 Å². The van der Waals surface area contributed by atoms with Crippen LogP contribution in [0.4, 0.5) is 0 Å². The molecule has 0 amide bonds. The van der Waals surface area contributed by atoms with Crippen LogP contribution < -0.4 is 9.47 Å². The molecule has 0 aliphatic carbocycles. The molecule has 0 saturated carbocycles. The van der Waals surface area contributed by atoms with E-state index in [0.717, 1.165) is 0 Å². The smallest absolute Gasteiger partial charge is 0.417 e. The van der Waals surface area contributed by atoms with E-state index in [2.05, 4.69) is 39.3 Å². The number of esters is 1. The molecule has 4 nitrogen and oxygen atoms in total. The van der Waals surface area contributed by atoms with E-state index in [1.807, 2.05) is 24.3 Å². The third kappa shape index (κ3) is 2.29. The number of carbonyl (C=O) groups excluding carboxylic acids is 1. The van der Waals surface area contributed by atoms with E-state index in [-0.39, 0.29) is 17.1 Å². The monoisotopic (exact) mass is 336 g/mol. The van der Waals surface area contributed by atoms with Crippen molar-refractivity contribution in [1.82, 2.24) is 0 Å². The van der Waals surface area contributed by atoms with Crippen LogP contribution in [0.25, 0.3) is 0 Å². The Balaban J connectivity index is 2.08. The Morgan fingerprint density at radius 2 is 1.36 bits per heavy atom. The number of ether oxygens (including phenoxy) is 3. The van der Waals surface area contributed by atoms with Crippen LogP contribution in [-0.2, 0) is 9.53 Å². The molecule has 0 bridgehead atoms. The summed E-state index contributed by atoms with van der Waals surface area (Å²) < 4.78 is 17.9. The predicted octanol–water partition coefficient (Wildman–Crippen LogP) is 4.09. The molecular weight excluding hydrogens is 312 g/mol. The van der Waals surface area contributed by atoms with Crippen molar-refractivity contribution in [2.75, 3.05) is 0 Å². The zero-order chi connectivity index (χ0) is 16.3. The maximum atomic E-state index is 12.7. The maximum absolute atomic E-state index is 12.7. The average Bonchev–Trinajstić information content (AvgIpc) is 2.84. The van der Waals surface area contributed by atoms with Gasteiger partial charge in [-0.2, -0.15) is 0 Å². The third-order valence-corrected chi connectivity index (χ3v) is 9.75. The van der Waals surface area contributed by atoms with Gasteiger partial charge in [-0.15, -0.1) is 0 Å². The highest BCUT2D eigenvalue weighted by Crippen LogP contribution is 2.59. The number of hydrogen-bond donors (Lipinski definition) is 0. The molecule has 3 rings (SSSR count). The first-order valence-corrected chi connectivity index (χ1v) is 14.9. The predicted molar refractivity (Wildman–Crippen MR) is 90.7 cm³/mol. The van der Waals surface area contributed by atoms with Gasteiger partial charge in [-0.25, -0.2) is 0 Å². The molecule has 0 N–H and O–H groups in total. The second-order valence-corrected chi connectivity index (χ2v) is 19.1. The van der Waals surface area contributed by atoms with Gasteiger partial charge < -0.3 is 14.2 Å². The summed E-state index contributed by atoms with van der Waals surface area (Å²) in [4.78, 5) is 12.7. The highest BCUT2D eigenvalue weighted by Gasteiger charge is 2.69. The summed E-state index contributed by atoms with van der Waals surface area (Å²) in [7, 11) is -3.53. The number of para-hydroxylation sites is 2. The Morgan fingerprint density at radius 1 is 0.864 bits per heavy atom. The summed E-state index contributed by atoms with van der Waals surface area (Å²) in [5, 5.41) is 0. The van der Waals surface area contributed by atoms with Crippen molar-refractivity contribution < 1.29 is 19.0 Å². The minimum atomic E-state index is -1.78. The first-order chi connectivity index (χ1) is 10.0. The van der Waals surface area contributed by atoms with Gasteiger partial charge in [-0.3, -0.25) is 4.79 Å². The second-order valence-electron chi connectivity index (χ2n) is 8.36. The maximum Gasteiger partial charge on any atom is 0.420 e. The van der Waals surface area contributed by atoms with Crippen molar-refractivity contribution in [3.8, 4) is 11.5 Å². The van der Waals surface area contributed by atoms with Gasteiger partial charge in [0.2, 0.25) is 0 Å². The molecule has 2 heterocycles. The summed E-state index contributed by atoms with van der Waals surface area (Å²) in [5.74, 6) is -0.0835. The molecule has 1 aromatic rings. The largest absolute Gasteiger partial charge is 0.420 e. The van der Waals surface area contributed by atoms with E-state index < -0.39 is 22.1 Å². The van der Waals surface area contributed by atoms with Crippen molar-refractivity contribution in [3.05, 3.63) is 24.3 Å². The SMILES string of the molecule is C[Si](C)(C)[C@@H]1[C@@H]([Si](C)(C)C)C(=O)OC12Oc1ccccc1O2. The van der Waals surface area contributed by atoms with Crippen molar-refractivity contribution in [1.29, 1.82) is 0 Å². The Labute approximate surface area is 133 Å². The van der Waals surface area contributed by atoms with Gasteiger partial charge in [0.05, 0.1) is 27.2 Å². The summed E-state index contributed by atoms with van der Waals surface area (Å²) in [5.41, 5.74) is -0.0972. The first kappa shape index (κ1) is 15.6. The van der Waals surface area contributed by atoms with Crippen LogP contribution in [0, 0.1) is 0 Å². The fourth-order valence-electron chi connectivity index (χ4n) is 3.61. The molecule has 0 aromatic heterocycles. The molecule has 1 aromatic carbocycles. The highest BCUT2D eigenvalue weighted by atomic mass is 28.3. The van der Waals surface area contributed by atoms with Crippen LogP contribution in [0.3, 0.4) is 0 Å². The zero-order valence-electron chi connectivity index (χ0n) is 14.1. The van der Waals surface area contributed by atoms with E-state index >= 15 is 0 Å². The van der Waals surface area contributed by atoms with Crippen molar-refractivity contribution in [2.45, 2.75) is 56.3 Å². The molecule has 6 heteroatoms. The van der Waals surface area contributed by atoms with E-state index in [0.29, 0.717) is 11.5 Å². The molecule has 0 radical (unpaired) electrons. The summed E-state index contributed by atoms with van der Waals surface area (Å²) in [6.07, 6.45) is 0. The van der Waals surface area contributed by atoms with Crippen molar-refractivity contribution >= 4 is 22.1 Å². The van der Waals surface area contributed by atoms with Crippen LogP contribution >= 0.6 is 0 Å². The van der Waals surface area contributed by atoms with Crippen LogP contribution in [-0.4, -0.2) is 28.1 Å². The number of hydrogen-bond acceptors (Lipinski definition) is 4. The van der Waals surface area contributed by atoms with Crippen LogP contribution in [0.2, 0.25) is 50.4 Å². The fraction of sp³-hybridized carbons (Fsp3) is 0.562. The lowest BCUT2D eigenvalue weighted by molar-refractivity contribution is -0.247. The minimum absolute atomic E-state index is 0.00781. The van der Waals surface area contributed by atoms with Crippen molar-refractivity contribution in [2.24, 2.45) is 0 Å². The first-order valence-electron chi connectivity index (χ1n) is 7.74. The van der Waals surface area contributed by atoms with Gasteiger partial charge in [-0.1, -0.05) is 51.4 Å². The summed E-state index contributed by atoms with van der Waals surface area (Å²) in [6.45, 7) is 13.4. The average molecular weight is 337 g/mol. The fourth-order valence-corrected chi connectivity index (χ4v) is 10.9. The Bertz CT molecular complexity index is 590. The van der Waals surface area contributed by atoms with Gasteiger partial charge in [0.1, 0.15) is 0 Å². The number of fused-ring (bicyclic) bond motifs is 1. The lowest BCUT2D eigenvalue weighted by atomic mass is 10.3. The lowest BCUT2D eigenvalue weighted by Gasteiger charge is -2.38. The molecule has 1 fully saturated rings. The molecule has 1 saturated heterocycles. The van der Waals surface area contributed by atoms with Gasteiger partial charge in [0, 0.05) is 0 Å². The van der Waals surface area contributed by atoms with E-state index in [4.69, 9.17) is 14.2 Å². The summed E-state index contributed by atoms with van der Waals surface area (Å²) >= 11 is 0. The zero-order valence-corrected chi connectivity index (χ0v) is 16.1. The Morgan fingerprint density at radius 3 is 1.77 bits per heavy atom. The Hall–Kier alpha value is -1.28. The quantitative estimate of drug-likeness (QED) is 0.603. The number of rotatable bonds is 2. The second kappa shape index (κ2) is 4.61. The van der Waals surface area contributed by atoms with Gasteiger partial charge in [0.25, 0.3) is 0 Å². The molecule has 2 aliphatic heterocycles. The number of benzene rings is 1. The van der Waals surface area contributed by atoms with Gasteiger partial charge in [-0.05, 0) is 12.1 Å². The molecule has 2 atom stereocenters. The van der Waals surface area contributed by atoms with Crippen molar-refractivity contribution in [3.63, 3.8) is 0 Å². The van der Waals surface area contributed by atoms with E-state index in [1.54, 1.807) is 0 Å². The summed E-state index contributed by atoms with van der Waals surface area (Å²) in [6, 6.07) is 7.52. The topological polar surface area (TPSA) is 44.8 Å². The third-order valence-electron chi connectivity index (χ3n) is 4.43. The van der Waals surface area contributed by atoms with Crippen LogP contribution in [0.15, 0.2) is 24.3 Å². The Kier molecular flexibility index (Phi) is 3.27. The lowest BCUT2D eigenvalue weighted by Crippen LogP contribution is -2.52.